The molecule has 1 aliphatic rings. The fourth-order valence-electron chi connectivity index (χ4n) is 3.22. The first-order chi connectivity index (χ1) is 10.5. The van der Waals surface area contributed by atoms with Gasteiger partial charge in [-0.15, -0.1) is 11.3 Å². The van der Waals surface area contributed by atoms with Crippen LogP contribution in [0.4, 0.5) is 5.00 Å². The lowest BCUT2D eigenvalue weighted by atomic mass is 9.85. The van der Waals surface area contributed by atoms with Crippen molar-refractivity contribution in [1.82, 2.24) is 0 Å². The summed E-state index contributed by atoms with van der Waals surface area (Å²) in [7, 11) is 0. The highest BCUT2D eigenvalue weighted by Gasteiger charge is 2.28. The Morgan fingerprint density at radius 3 is 2.55 bits per heavy atom. The van der Waals surface area contributed by atoms with Gasteiger partial charge in [0.15, 0.2) is 0 Å². The Kier molecular flexibility index (Phi) is 5.62. The van der Waals surface area contributed by atoms with E-state index in [9.17, 15) is 9.59 Å². The molecule has 1 atom stereocenters. The zero-order valence-corrected chi connectivity index (χ0v) is 14.5. The van der Waals surface area contributed by atoms with Crippen LogP contribution < -0.4 is 11.1 Å². The molecule has 0 aromatic carbocycles. The summed E-state index contributed by atoms with van der Waals surface area (Å²) >= 11 is 1.54. The molecule has 0 saturated carbocycles. The van der Waals surface area contributed by atoms with Gasteiger partial charge in [-0.1, -0.05) is 27.2 Å². The number of hydrogen-bond acceptors (Lipinski definition) is 3. The molecule has 0 bridgehead atoms. The van der Waals surface area contributed by atoms with Gasteiger partial charge in [-0.2, -0.15) is 0 Å². The number of rotatable bonds is 6. The second-order valence-corrected chi connectivity index (χ2v) is 7.20. The molecule has 0 unspecified atom stereocenters. The molecule has 0 radical (unpaired) electrons. The Hall–Kier alpha value is -1.36. The van der Waals surface area contributed by atoms with E-state index >= 15 is 0 Å². The maximum atomic E-state index is 12.3. The summed E-state index contributed by atoms with van der Waals surface area (Å²) in [5.41, 5.74) is 7.20. The fourth-order valence-corrected chi connectivity index (χ4v) is 4.60. The van der Waals surface area contributed by atoms with E-state index in [2.05, 4.69) is 12.2 Å². The molecular formula is C17H26N2O2S. The molecule has 2 rings (SSSR count). The summed E-state index contributed by atoms with van der Waals surface area (Å²) < 4.78 is 0. The molecule has 0 saturated heterocycles. The van der Waals surface area contributed by atoms with Gasteiger partial charge in [0, 0.05) is 10.8 Å². The number of primary amides is 1. The molecule has 22 heavy (non-hydrogen) atoms. The molecule has 1 aromatic rings. The highest BCUT2D eigenvalue weighted by molar-refractivity contribution is 7.17. The van der Waals surface area contributed by atoms with E-state index in [-0.39, 0.29) is 11.8 Å². The van der Waals surface area contributed by atoms with E-state index in [1.165, 1.54) is 4.88 Å². The zero-order valence-electron chi connectivity index (χ0n) is 13.7. The number of carbonyl (C=O) groups is 2. The van der Waals surface area contributed by atoms with Crippen LogP contribution in [0.15, 0.2) is 0 Å². The van der Waals surface area contributed by atoms with Crippen LogP contribution in [-0.2, 0) is 17.6 Å². The highest BCUT2D eigenvalue weighted by Crippen LogP contribution is 2.40. The van der Waals surface area contributed by atoms with Crippen molar-refractivity contribution in [3.8, 4) is 0 Å². The minimum atomic E-state index is -0.424. The molecule has 122 valence electrons. The number of carbonyl (C=O) groups excluding carboxylic acids is 2. The lowest BCUT2D eigenvalue weighted by Crippen LogP contribution is -2.23. The van der Waals surface area contributed by atoms with Crippen LogP contribution in [0.5, 0.6) is 0 Å². The largest absolute Gasteiger partial charge is 0.365 e. The Balaban J connectivity index is 2.30. The van der Waals surface area contributed by atoms with Crippen molar-refractivity contribution in [1.29, 1.82) is 0 Å². The van der Waals surface area contributed by atoms with Crippen LogP contribution in [-0.4, -0.2) is 11.8 Å². The third kappa shape index (κ3) is 3.35. The molecule has 0 spiro atoms. The van der Waals surface area contributed by atoms with E-state index in [0.717, 1.165) is 44.1 Å². The van der Waals surface area contributed by atoms with Crippen LogP contribution in [0.2, 0.25) is 0 Å². The van der Waals surface area contributed by atoms with E-state index in [0.29, 0.717) is 16.5 Å². The first-order valence-corrected chi connectivity index (χ1v) is 9.08. The average Bonchev–Trinajstić information content (AvgIpc) is 2.85. The fraction of sp³-hybridized carbons (Fsp3) is 0.647. The van der Waals surface area contributed by atoms with E-state index < -0.39 is 5.91 Å². The van der Waals surface area contributed by atoms with Crippen LogP contribution in [0.1, 0.15) is 67.3 Å². The molecule has 1 heterocycles. The Labute approximate surface area is 136 Å². The first-order valence-electron chi connectivity index (χ1n) is 8.26. The summed E-state index contributed by atoms with van der Waals surface area (Å²) in [5.74, 6) is 0.239. The van der Waals surface area contributed by atoms with Crippen molar-refractivity contribution in [2.45, 2.75) is 59.3 Å². The second-order valence-electron chi connectivity index (χ2n) is 6.09. The monoisotopic (exact) mass is 322 g/mol. The summed E-state index contributed by atoms with van der Waals surface area (Å²) in [6.45, 7) is 6.22. The SMILES string of the molecule is CCC(CC)C(=O)Nc1sc2c(c1C(N)=O)CC[C@@H](CC)C2. The van der Waals surface area contributed by atoms with Gasteiger partial charge in [0.25, 0.3) is 5.91 Å². The van der Waals surface area contributed by atoms with Gasteiger partial charge in [-0.05, 0) is 43.6 Å². The van der Waals surface area contributed by atoms with E-state index in [1.807, 2.05) is 13.8 Å². The van der Waals surface area contributed by atoms with Crippen molar-refractivity contribution in [2.75, 3.05) is 5.32 Å². The van der Waals surface area contributed by atoms with Gasteiger partial charge in [0.05, 0.1) is 5.56 Å². The smallest absolute Gasteiger partial charge is 0.251 e. The van der Waals surface area contributed by atoms with Crippen molar-refractivity contribution < 1.29 is 9.59 Å². The molecule has 2 amide bonds. The molecule has 5 heteroatoms. The number of fused-ring (bicyclic) bond motifs is 1. The molecule has 3 N–H and O–H groups in total. The Bertz CT molecular complexity index is 561. The van der Waals surface area contributed by atoms with Gasteiger partial charge in [-0.25, -0.2) is 0 Å². The van der Waals surface area contributed by atoms with Crippen LogP contribution in [0.25, 0.3) is 0 Å². The van der Waals surface area contributed by atoms with Gasteiger partial charge >= 0.3 is 0 Å². The summed E-state index contributed by atoms with van der Waals surface area (Å²) in [6.07, 6.45) is 5.74. The number of amides is 2. The van der Waals surface area contributed by atoms with Gasteiger partial charge < -0.3 is 11.1 Å². The van der Waals surface area contributed by atoms with Crippen LogP contribution in [0.3, 0.4) is 0 Å². The van der Waals surface area contributed by atoms with E-state index in [4.69, 9.17) is 5.73 Å². The number of hydrogen-bond donors (Lipinski definition) is 2. The van der Waals surface area contributed by atoms with Crippen molar-refractivity contribution in [3.63, 3.8) is 0 Å². The highest BCUT2D eigenvalue weighted by atomic mass is 32.1. The maximum absolute atomic E-state index is 12.3. The number of thiophene rings is 1. The van der Waals surface area contributed by atoms with Crippen molar-refractivity contribution >= 4 is 28.2 Å². The normalized spacial score (nSPS) is 17.4. The van der Waals surface area contributed by atoms with Crippen molar-refractivity contribution in [2.24, 2.45) is 17.6 Å². The topological polar surface area (TPSA) is 72.2 Å². The molecule has 4 nitrogen and oxygen atoms in total. The minimum Gasteiger partial charge on any atom is -0.365 e. The third-order valence-corrected chi connectivity index (χ3v) is 5.95. The number of nitrogens with two attached hydrogens (primary N) is 1. The molecular weight excluding hydrogens is 296 g/mol. The van der Waals surface area contributed by atoms with E-state index in [1.54, 1.807) is 11.3 Å². The zero-order chi connectivity index (χ0) is 16.3. The van der Waals surface area contributed by atoms with Gasteiger partial charge in [0.2, 0.25) is 5.91 Å². The maximum Gasteiger partial charge on any atom is 0.251 e. The lowest BCUT2D eigenvalue weighted by molar-refractivity contribution is -0.120. The number of nitrogens with one attached hydrogen (secondary N) is 1. The van der Waals surface area contributed by atoms with Gasteiger partial charge in [0.1, 0.15) is 5.00 Å². The Morgan fingerprint density at radius 1 is 1.32 bits per heavy atom. The Morgan fingerprint density at radius 2 is 2.00 bits per heavy atom. The standard InChI is InChI=1S/C17H26N2O2S/c1-4-10-7-8-12-13(9-10)22-17(14(12)15(18)20)19-16(21)11(5-2)6-3/h10-11H,4-9H2,1-3H3,(H2,18,20)(H,19,21)/t10-/m1/s1. The third-order valence-electron chi connectivity index (χ3n) is 4.78. The molecule has 0 aliphatic heterocycles. The van der Waals surface area contributed by atoms with Crippen LogP contribution in [0, 0.1) is 11.8 Å². The predicted octanol–water partition coefficient (Wildman–Crippen LogP) is 3.74. The predicted molar refractivity (Wildman–Crippen MR) is 91.3 cm³/mol. The molecule has 1 aromatic heterocycles. The molecule has 1 aliphatic carbocycles. The minimum absolute atomic E-state index is 0.00172. The summed E-state index contributed by atoms with van der Waals surface area (Å²) in [4.78, 5) is 25.4. The first kappa shape index (κ1) is 17.0. The quantitative estimate of drug-likeness (QED) is 0.837. The number of anilines is 1. The second kappa shape index (κ2) is 7.27. The summed E-state index contributed by atoms with van der Waals surface area (Å²) in [6, 6.07) is 0. The van der Waals surface area contributed by atoms with Crippen molar-refractivity contribution in [3.05, 3.63) is 16.0 Å². The molecule has 0 fully saturated rings. The lowest BCUT2D eigenvalue weighted by Gasteiger charge is -2.20. The van der Waals surface area contributed by atoms with Crippen LogP contribution >= 0.6 is 11.3 Å². The summed E-state index contributed by atoms with van der Waals surface area (Å²) in [5, 5.41) is 3.62. The average molecular weight is 322 g/mol. The van der Waals surface area contributed by atoms with Gasteiger partial charge in [-0.3, -0.25) is 9.59 Å².